The third kappa shape index (κ3) is 3.85. The summed E-state index contributed by atoms with van der Waals surface area (Å²) in [5.41, 5.74) is 5.98. The molecule has 0 aromatic carbocycles. The van der Waals surface area contributed by atoms with Crippen LogP contribution in [0.1, 0.15) is 32.1 Å². The zero-order valence-electron chi connectivity index (χ0n) is 9.18. The molecule has 1 rings (SSSR count). The number of aliphatic hydroxyl groups is 1. The van der Waals surface area contributed by atoms with E-state index in [4.69, 9.17) is 10.5 Å². The molecule has 84 valence electrons. The molecule has 0 aliphatic heterocycles. The number of nitrogens with zero attached hydrogens (tertiary/aromatic N) is 1. The van der Waals surface area contributed by atoms with Gasteiger partial charge in [0.05, 0.1) is 17.9 Å². The fourth-order valence-electron chi connectivity index (χ4n) is 1.23. The summed E-state index contributed by atoms with van der Waals surface area (Å²) in [6.07, 6.45) is -0.0110. The maximum atomic E-state index is 9.68. The van der Waals surface area contributed by atoms with Crippen molar-refractivity contribution in [1.29, 1.82) is 0 Å². The molecule has 1 aromatic heterocycles. The first kappa shape index (κ1) is 11.9. The van der Waals surface area contributed by atoms with Gasteiger partial charge < -0.3 is 15.6 Å². The van der Waals surface area contributed by atoms with Crippen LogP contribution in [0.5, 0.6) is 5.88 Å². The van der Waals surface area contributed by atoms with E-state index in [0.717, 1.165) is 0 Å². The van der Waals surface area contributed by atoms with Crippen molar-refractivity contribution in [2.24, 2.45) is 5.73 Å². The second-order valence-electron chi connectivity index (χ2n) is 3.66. The molecular formula is C11H18N2O2. The molecule has 0 saturated carbocycles. The molecule has 0 unspecified atom stereocenters. The van der Waals surface area contributed by atoms with Gasteiger partial charge >= 0.3 is 0 Å². The minimum Gasteiger partial charge on any atom is -0.475 e. The van der Waals surface area contributed by atoms with Crippen molar-refractivity contribution >= 4 is 0 Å². The van der Waals surface area contributed by atoms with Crippen LogP contribution >= 0.6 is 0 Å². The molecule has 1 aromatic rings. The largest absolute Gasteiger partial charge is 0.475 e. The molecule has 3 N–H and O–H groups in total. The molecule has 0 amide bonds. The van der Waals surface area contributed by atoms with Gasteiger partial charge in [0.25, 0.3) is 0 Å². The van der Waals surface area contributed by atoms with Gasteiger partial charge in [0.15, 0.2) is 0 Å². The first-order valence-corrected chi connectivity index (χ1v) is 5.15. The monoisotopic (exact) mass is 210 g/mol. The fourth-order valence-corrected chi connectivity index (χ4v) is 1.23. The second kappa shape index (κ2) is 5.68. The van der Waals surface area contributed by atoms with Crippen molar-refractivity contribution in [2.75, 3.05) is 6.54 Å². The summed E-state index contributed by atoms with van der Waals surface area (Å²) < 4.78 is 5.43. The average Bonchev–Trinajstić information content (AvgIpc) is 2.17. The second-order valence-corrected chi connectivity index (χ2v) is 3.66. The Morgan fingerprint density at radius 1 is 1.47 bits per heavy atom. The quantitative estimate of drug-likeness (QED) is 0.767. The maximum absolute atomic E-state index is 9.68. The Balaban J connectivity index is 2.73. The van der Waals surface area contributed by atoms with E-state index in [1.165, 1.54) is 0 Å². The number of aromatic nitrogens is 1. The first-order chi connectivity index (χ1) is 7.13. The van der Waals surface area contributed by atoms with Crippen LogP contribution in [0.25, 0.3) is 0 Å². The molecule has 15 heavy (non-hydrogen) atoms. The minimum absolute atomic E-state index is 0.0828. The zero-order valence-corrected chi connectivity index (χ0v) is 9.18. The highest BCUT2D eigenvalue weighted by atomic mass is 16.5. The molecule has 0 saturated heterocycles. The summed E-state index contributed by atoms with van der Waals surface area (Å²) in [5, 5.41) is 9.68. The van der Waals surface area contributed by atoms with Gasteiger partial charge in [-0.05, 0) is 32.9 Å². The molecular weight excluding hydrogens is 192 g/mol. The van der Waals surface area contributed by atoms with E-state index in [-0.39, 0.29) is 6.10 Å². The standard InChI is InChI=1S/C11H18N2O2/c1-8(2)15-11-5-3-4-9(13-11)10(14)6-7-12/h3-5,8,10,14H,6-7,12H2,1-2H3/t10-/m1/s1. The van der Waals surface area contributed by atoms with Gasteiger partial charge in [-0.1, -0.05) is 6.07 Å². The zero-order chi connectivity index (χ0) is 11.3. The Morgan fingerprint density at radius 3 is 2.80 bits per heavy atom. The Morgan fingerprint density at radius 2 is 2.20 bits per heavy atom. The molecule has 4 heteroatoms. The highest BCUT2D eigenvalue weighted by Crippen LogP contribution is 2.17. The topological polar surface area (TPSA) is 68.4 Å². The smallest absolute Gasteiger partial charge is 0.213 e. The highest BCUT2D eigenvalue weighted by molar-refractivity contribution is 5.17. The van der Waals surface area contributed by atoms with Gasteiger partial charge in [0, 0.05) is 6.07 Å². The summed E-state index contributed by atoms with van der Waals surface area (Å²) in [7, 11) is 0. The van der Waals surface area contributed by atoms with Crippen molar-refractivity contribution < 1.29 is 9.84 Å². The molecule has 0 radical (unpaired) electrons. The Labute approximate surface area is 90.1 Å². The molecule has 4 nitrogen and oxygen atoms in total. The third-order valence-corrected chi connectivity index (χ3v) is 1.88. The number of hydrogen-bond donors (Lipinski definition) is 2. The summed E-state index contributed by atoms with van der Waals surface area (Å²) in [6, 6.07) is 5.37. The summed E-state index contributed by atoms with van der Waals surface area (Å²) in [6.45, 7) is 4.31. The fraction of sp³-hybridized carbons (Fsp3) is 0.545. The summed E-state index contributed by atoms with van der Waals surface area (Å²) >= 11 is 0. The Hall–Kier alpha value is -1.13. The molecule has 0 spiro atoms. The first-order valence-electron chi connectivity index (χ1n) is 5.15. The predicted molar refractivity (Wildman–Crippen MR) is 58.6 cm³/mol. The van der Waals surface area contributed by atoms with E-state index in [2.05, 4.69) is 4.98 Å². The molecule has 1 heterocycles. The highest BCUT2D eigenvalue weighted by Gasteiger charge is 2.09. The van der Waals surface area contributed by atoms with Gasteiger partial charge in [-0.3, -0.25) is 0 Å². The van der Waals surface area contributed by atoms with Crippen LogP contribution in [-0.2, 0) is 0 Å². The van der Waals surface area contributed by atoms with Crippen LogP contribution in [0.15, 0.2) is 18.2 Å². The maximum Gasteiger partial charge on any atom is 0.213 e. The van der Waals surface area contributed by atoms with Crippen molar-refractivity contribution in [3.8, 4) is 5.88 Å². The number of ether oxygens (including phenoxy) is 1. The van der Waals surface area contributed by atoms with Crippen LogP contribution < -0.4 is 10.5 Å². The number of pyridine rings is 1. The SMILES string of the molecule is CC(C)Oc1cccc([C@H](O)CCN)n1. The molecule has 0 aliphatic rings. The van der Waals surface area contributed by atoms with Crippen LogP contribution in [0, 0.1) is 0 Å². The summed E-state index contributed by atoms with van der Waals surface area (Å²) in [4.78, 5) is 4.20. The van der Waals surface area contributed by atoms with Crippen LogP contribution in [0.2, 0.25) is 0 Å². The molecule has 1 atom stereocenters. The van der Waals surface area contributed by atoms with Gasteiger partial charge in [-0.15, -0.1) is 0 Å². The predicted octanol–water partition coefficient (Wildman–Crippen LogP) is 1.25. The average molecular weight is 210 g/mol. The van der Waals surface area contributed by atoms with E-state index >= 15 is 0 Å². The van der Waals surface area contributed by atoms with Gasteiger partial charge in [0.1, 0.15) is 0 Å². The van der Waals surface area contributed by atoms with Crippen molar-refractivity contribution in [3.05, 3.63) is 23.9 Å². The van der Waals surface area contributed by atoms with Crippen LogP contribution in [0.4, 0.5) is 0 Å². The minimum atomic E-state index is -0.606. The lowest BCUT2D eigenvalue weighted by molar-refractivity contribution is 0.162. The Kier molecular flexibility index (Phi) is 4.52. The number of nitrogens with two attached hydrogens (primary N) is 1. The van der Waals surface area contributed by atoms with E-state index in [1.54, 1.807) is 12.1 Å². The van der Waals surface area contributed by atoms with Gasteiger partial charge in [-0.25, -0.2) is 4.98 Å². The molecule has 0 fully saturated rings. The third-order valence-electron chi connectivity index (χ3n) is 1.88. The van der Waals surface area contributed by atoms with E-state index < -0.39 is 6.10 Å². The summed E-state index contributed by atoms with van der Waals surface area (Å²) in [5.74, 6) is 0.540. The van der Waals surface area contributed by atoms with E-state index in [0.29, 0.717) is 24.5 Å². The Bertz CT molecular complexity index is 302. The van der Waals surface area contributed by atoms with Crippen molar-refractivity contribution in [3.63, 3.8) is 0 Å². The van der Waals surface area contributed by atoms with Crippen molar-refractivity contribution in [2.45, 2.75) is 32.5 Å². The normalized spacial score (nSPS) is 12.9. The van der Waals surface area contributed by atoms with Crippen LogP contribution in [-0.4, -0.2) is 22.7 Å². The van der Waals surface area contributed by atoms with Crippen molar-refractivity contribution in [1.82, 2.24) is 4.98 Å². The number of hydrogen-bond acceptors (Lipinski definition) is 4. The van der Waals surface area contributed by atoms with E-state index in [1.807, 2.05) is 19.9 Å². The number of rotatable bonds is 5. The van der Waals surface area contributed by atoms with Gasteiger partial charge in [-0.2, -0.15) is 0 Å². The van der Waals surface area contributed by atoms with Crippen LogP contribution in [0.3, 0.4) is 0 Å². The number of aliphatic hydroxyl groups excluding tert-OH is 1. The molecule has 0 aliphatic carbocycles. The van der Waals surface area contributed by atoms with Gasteiger partial charge in [0.2, 0.25) is 5.88 Å². The lowest BCUT2D eigenvalue weighted by Gasteiger charge is -2.12. The molecule has 0 bridgehead atoms. The lowest BCUT2D eigenvalue weighted by Crippen LogP contribution is -2.11. The lowest BCUT2D eigenvalue weighted by atomic mass is 10.2. The van der Waals surface area contributed by atoms with E-state index in [9.17, 15) is 5.11 Å².